The fourth-order valence-corrected chi connectivity index (χ4v) is 2.80. The summed E-state index contributed by atoms with van der Waals surface area (Å²) in [5.41, 5.74) is 4.15. The molecule has 0 saturated carbocycles. The highest BCUT2D eigenvalue weighted by Crippen LogP contribution is 2.11. The summed E-state index contributed by atoms with van der Waals surface area (Å²) in [7, 11) is 0. The van der Waals surface area contributed by atoms with Gasteiger partial charge in [-0.05, 0) is 30.5 Å². The van der Waals surface area contributed by atoms with Gasteiger partial charge in [0.05, 0.1) is 18.3 Å². The van der Waals surface area contributed by atoms with Crippen molar-refractivity contribution < 1.29 is 0 Å². The van der Waals surface area contributed by atoms with Gasteiger partial charge in [-0.3, -0.25) is 4.68 Å². The lowest BCUT2D eigenvalue weighted by Gasteiger charge is -2.01. The van der Waals surface area contributed by atoms with Crippen molar-refractivity contribution in [3.63, 3.8) is 0 Å². The van der Waals surface area contributed by atoms with Gasteiger partial charge in [0.1, 0.15) is 11.2 Å². The molecule has 0 amide bonds. The van der Waals surface area contributed by atoms with Crippen LogP contribution in [0, 0.1) is 0 Å². The first-order chi connectivity index (χ1) is 11.9. The Balaban J connectivity index is 1.38. The Kier molecular flexibility index (Phi) is 4.02. The van der Waals surface area contributed by atoms with Gasteiger partial charge in [-0.25, -0.2) is 4.68 Å². The van der Waals surface area contributed by atoms with Crippen LogP contribution in [0.4, 0.5) is 0 Å². The summed E-state index contributed by atoms with van der Waals surface area (Å²) in [4.78, 5) is 0. The fourth-order valence-electron chi connectivity index (χ4n) is 2.80. The first kappa shape index (κ1) is 14.6. The third-order valence-corrected chi connectivity index (χ3v) is 4.01. The lowest BCUT2D eigenvalue weighted by atomic mass is 10.1. The van der Waals surface area contributed by atoms with Crippen LogP contribution in [0.2, 0.25) is 0 Å². The first-order valence-electron chi connectivity index (χ1n) is 8.10. The zero-order valence-electron chi connectivity index (χ0n) is 13.3. The van der Waals surface area contributed by atoms with E-state index in [1.807, 2.05) is 45.9 Å². The van der Waals surface area contributed by atoms with E-state index >= 15 is 0 Å². The Hall–Kier alpha value is -3.02. The average Bonchev–Trinajstić information content (AvgIpc) is 3.24. The third-order valence-electron chi connectivity index (χ3n) is 4.01. The third kappa shape index (κ3) is 3.17. The Morgan fingerprint density at radius 3 is 2.58 bits per heavy atom. The van der Waals surface area contributed by atoms with E-state index in [1.54, 1.807) is 0 Å². The summed E-state index contributed by atoms with van der Waals surface area (Å²) in [5.74, 6) is 0. The van der Waals surface area contributed by atoms with Crippen molar-refractivity contribution in [3.8, 4) is 0 Å². The van der Waals surface area contributed by atoms with Gasteiger partial charge in [0.15, 0.2) is 0 Å². The molecule has 2 aromatic carbocycles. The topological polar surface area (TPSA) is 61.4 Å². The Morgan fingerprint density at radius 1 is 0.833 bits per heavy atom. The highest BCUT2D eigenvalue weighted by atomic mass is 15.5. The number of fused-ring (bicyclic) bond motifs is 1. The minimum Gasteiger partial charge on any atom is -0.252 e. The summed E-state index contributed by atoms with van der Waals surface area (Å²) in [5, 5.41) is 16.8. The molecule has 0 bridgehead atoms. The molecule has 6 heteroatoms. The molecule has 0 fully saturated rings. The Morgan fingerprint density at radius 2 is 1.67 bits per heavy atom. The molecule has 0 aliphatic rings. The molecule has 24 heavy (non-hydrogen) atoms. The smallest absolute Gasteiger partial charge is 0.113 e. The molecule has 0 N–H and O–H groups in total. The van der Waals surface area contributed by atoms with Crippen LogP contribution < -0.4 is 0 Å². The largest absolute Gasteiger partial charge is 0.252 e. The van der Waals surface area contributed by atoms with Gasteiger partial charge < -0.3 is 0 Å². The number of benzene rings is 2. The van der Waals surface area contributed by atoms with Gasteiger partial charge in [0.25, 0.3) is 0 Å². The van der Waals surface area contributed by atoms with E-state index in [2.05, 4.69) is 44.9 Å². The van der Waals surface area contributed by atoms with Crippen LogP contribution >= 0.6 is 0 Å². The lowest BCUT2D eigenvalue weighted by Crippen LogP contribution is -2.02. The van der Waals surface area contributed by atoms with Gasteiger partial charge in [0, 0.05) is 6.54 Å². The molecular formula is C18H18N6. The number of para-hydroxylation sites is 1. The first-order valence-corrected chi connectivity index (χ1v) is 8.10. The molecule has 0 atom stereocenters. The molecule has 0 spiro atoms. The van der Waals surface area contributed by atoms with E-state index in [-0.39, 0.29) is 0 Å². The van der Waals surface area contributed by atoms with E-state index in [1.165, 1.54) is 5.56 Å². The molecule has 4 rings (SSSR count). The average molecular weight is 318 g/mol. The summed E-state index contributed by atoms with van der Waals surface area (Å²) in [6.07, 6.45) is 4.07. The second-order valence-corrected chi connectivity index (χ2v) is 5.80. The molecule has 0 unspecified atom stereocenters. The van der Waals surface area contributed by atoms with Crippen molar-refractivity contribution in [1.29, 1.82) is 0 Å². The second kappa shape index (κ2) is 6.62. The molecular weight excluding hydrogens is 300 g/mol. The number of rotatable bonds is 6. The standard InChI is InChI=1S/C18H18N6/c1-2-7-15(8-3-1)9-6-12-23-13-16(19-21-23)14-24-18-11-5-4-10-17(18)20-22-24/h1-5,7-8,10-11,13H,6,9,12,14H2. The van der Waals surface area contributed by atoms with Gasteiger partial charge in [0.2, 0.25) is 0 Å². The van der Waals surface area contributed by atoms with E-state index < -0.39 is 0 Å². The van der Waals surface area contributed by atoms with Crippen LogP contribution in [-0.2, 0) is 19.5 Å². The molecule has 4 aromatic rings. The monoisotopic (exact) mass is 318 g/mol. The zero-order valence-corrected chi connectivity index (χ0v) is 13.3. The summed E-state index contributed by atoms with van der Waals surface area (Å²) >= 11 is 0. The van der Waals surface area contributed by atoms with Crippen LogP contribution in [0.5, 0.6) is 0 Å². The molecule has 0 aliphatic heterocycles. The highest BCUT2D eigenvalue weighted by molar-refractivity contribution is 5.73. The molecule has 6 nitrogen and oxygen atoms in total. The van der Waals surface area contributed by atoms with Crippen molar-refractivity contribution in [2.24, 2.45) is 0 Å². The van der Waals surface area contributed by atoms with E-state index in [9.17, 15) is 0 Å². The fraction of sp³-hybridized carbons (Fsp3) is 0.222. The lowest BCUT2D eigenvalue weighted by molar-refractivity contribution is 0.558. The molecule has 0 saturated heterocycles. The van der Waals surface area contributed by atoms with Gasteiger partial charge in [-0.1, -0.05) is 52.9 Å². The summed E-state index contributed by atoms with van der Waals surface area (Å²) in [6.45, 7) is 1.44. The maximum atomic E-state index is 4.25. The number of hydrogen-bond donors (Lipinski definition) is 0. The number of nitrogens with zero attached hydrogens (tertiary/aromatic N) is 6. The van der Waals surface area contributed by atoms with Crippen LogP contribution in [0.1, 0.15) is 17.7 Å². The Labute approximate surface area is 139 Å². The molecule has 120 valence electrons. The minimum atomic E-state index is 0.583. The van der Waals surface area contributed by atoms with E-state index in [4.69, 9.17) is 0 Å². The van der Waals surface area contributed by atoms with Crippen molar-refractivity contribution in [1.82, 2.24) is 30.0 Å². The predicted molar refractivity (Wildman–Crippen MR) is 91.4 cm³/mol. The molecule has 0 radical (unpaired) electrons. The highest BCUT2D eigenvalue weighted by Gasteiger charge is 2.07. The summed E-state index contributed by atoms with van der Waals surface area (Å²) in [6, 6.07) is 18.4. The van der Waals surface area contributed by atoms with Crippen LogP contribution in [-0.4, -0.2) is 30.0 Å². The second-order valence-electron chi connectivity index (χ2n) is 5.80. The van der Waals surface area contributed by atoms with Crippen molar-refractivity contribution in [3.05, 3.63) is 72.1 Å². The summed E-state index contributed by atoms with van der Waals surface area (Å²) < 4.78 is 3.76. The van der Waals surface area contributed by atoms with Crippen molar-refractivity contribution in [2.45, 2.75) is 25.9 Å². The normalized spacial score (nSPS) is 11.2. The molecule has 0 aliphatic carbocycles. The maximum absolute atomic E-state index is 4.25. The zero-order chi connectivity index (χ0) is 16.2. The van der Waals surface area contributed by atoms with E-state index in [0.29, 0.717) is 6.54 Å². The van der Waals surface area contributed by atoms with Gasteiger partial charge >= 0.3 is 0 Å². The quantitative estimate of drug-likeness (QED) is 0.548. The van der Waals surface area contributed by atoms with Crippen LogP contribution in [0.3, 0.4) is 0 Å². The van der Waals surface area contributed by atoms with E-state index in [0.717, 1.165) is 36.1 Å². The predicted octanol–water partition coefficient (Wildman–Crippen LogP) is 2.70. The SMILES string of the molecule is c1ccc(CCCn2cc(Cn3nnc4ccccc43)nn2)cc1. The van der Waals surface area contributed by atoms with Gasteiger partial charge in [-0.15, -0.1) is 10.2 Å². The Bertz CT molecular complexity index is 925. The van der Waals surface area contributed by atoms with Gasteiger partial charge in [-0.2, -0.15) is 0 Å². The van der Waals surface area contributed by atoms with Crippen LogP contribution in [0.15, 0.2) is 60.8 Å². The van der Waals surface area contributed by atoms with Crippen molar-refractivity contribution in [2.75, 3.05) is 0 Å². The van der Waals surface area contributed by atoms with Crippen LogP contribution in [0.25, 0.3) is 11.0 Å². The molecule has 2 aromatic heterocycles. The number of aryl methyl sites for hydroxylation is 2. The number of hydrogen-bond acceptors (Lipinski definition) is 4. The number of aromatic nitrogens is 6. The van der Waals surface area contributed by atoms with Crippen molar-refractivity contribution >= 4 is 11.0 Å². The minimum absolute atomic E-state index is 0.583. The maximum Gasteiger partial charge on any atom is 0.113 e. The molecule has 2 heterocycles.